The normalized spacial score (nSPS) is 19.2. The molecule has 1 aliphatic rings. The maximum Gasteiger partial charge on any atom is 0.266 e. The zero-order valence-corrected chi connectivity index (χ0v) is 15.9. The Morgan fingerprint density at radius 2 is 1.97 bits per heavy atom. The number of nitrogens with zero attached hydrogens (tertiary/aromatic N) is 7. The van der Waals surface area contributed by atoms with E-state index in [1.807, 2.05) is 24.0 Å². The highest BCUT2D eigenvalue weighted by Crippen LogP contribution is 2.37. The Hall–Kier alpha value is -3.56. The van der Waals surface area contributed by atoms with Crippen molar-refractivity contribution in [2.75, 3.05) is 25.1 Å². The van der Waals surface area contributed by atoms with E-state index in [-0.39, 0.29) is 18.9 Å². The van der Waals surface area contributed by atoms with Crippen LogP contribution in [-0.4, -0.2) is 50.2 Å². The molecule has 0 N–H and O–H groups in total. The van der Waals surface area contributed by atoms with Gasteiger partial charge in [0.1, 0.15) is 11.6 Å². The molecule has 9 nitrogen and oxygen atoms in total. The number of aromatic nitrogens is 6. The maximum atomic E-state index is 15.6. The van der Waals surface area contributed by atoms with Crippen LogP contribution in [0.5, 0.6) is 5.75 Å². The number of alkyl halides is 1. The minimum absolute atomic E-state index is 0.0209. The van der Waals surface area contributed by atoms with Gasteiger partial charge in [-0.1, -0.05) is 5.16 Å². The molecule has 3 aromatic heterocycles. The molecule has 1 aromatic carbocycles. The Morgan fingerprint density at radius 1 is 1.14 bits per heavy atom. The third-order valence-electron chi connectivity index (χ3n) is 5.11. The lowest BCUT2D eigenvalue weighted by atomic mass is 10.1. The van der Waals surface area contributed by atoms with E-state index in [2.05, 4.69) is 25.4 Å². The summed E-state index contributed by atoms with van der Waals surface area (Å²) in [4.78, 5) is 6.17. The van der Waals surface area contributed by atoms with Crippen LogP contribution in [0, 0.1) is 6.92 Å². The Bertz CT molecular complexity index is 1170. The van der Waals surface area contributed by atoms with Gasteiger partial charge in [-0.05, 0) is 43.3 Å². The van der Waals surface area contributed by atoms with Gasteiger partial charge in [0.15, 0.2) is 11.5 Å². The number of hydrogen-bond acceptors (Lipinski definition) is 8. The molecule has 0 saturated carbocycles. The van der Waals surface area contributed by atoms with Gasteiger partial charge >= 0.3 is 0 Å². The summed E-state index contributed by atoms with van der Waals surface area (Å²) >= 11 is 0. The van der Waals surface area contributed by atoms with Crippen molar-refractivity contribution in [3.8, 4) is 17.1 Å². The Balaban J connectivity index is 1.38. The number of rotatable bonds is 4. The van der Waals surface area contributed by atoms with Gasteiger partial charge in [-0.15, -0.1) is 15.3 Å². The van der Waals surface area contributed by atoms with E-state index in [1.54, 1.807) is 35.9 Å². The van der Waals surface area contributed by atoms with Crippen LogP contribution in [0.1, 0.15) is 18.1 Å². The lowest BCUT2D eigenvalue weighted by molar-refractivity contribution is 0.136. The van der Waals surface area contributed by atoms with Crippen LogP contribution in [0.4, 0.5) is 10.2 Å². The standard InChI is InChI=1S/C19H18FN7O2/c1-12-22-23-15-7-8-16(24-27(12)15)26-10-9-19(20,11-26)18-21-17(25-29-18)13-3-5-14(28-2)6-4-13/h3-8H,9-11H2,1-2H3. The molecule has 0 spiro atoms. The van der Waals surface area contributed by atoms with Crippen LogP contribution < -0.4 is 9.64 Å². The molecule has 1 unspecified atom stereocenters. The highest BCUT2D eigenvalue weighted by molar-refractivity contribution is 5.55. The van der Waals surface area contributed by atoms with E-state index < -0.39 is 5.67 Å². The molecule has 4 aromatic rings. The summed E-state index contributed by atoms with van der Waals surface area (Å²) in [5.41, 5.74) is -0.358. The fraction of sp³-hybridized carbons (Fsp3) is 0.316. The molecule has 10 heteroatoms. The molecule has 29 heavy (non-hydrogen) atoms. The molecule has 4 heterocycles. The smallest absolute Gasteiger partial charge is 0.266 e. The summed E-state index contributed by atoms with van der Waals surface area (Å²) in [6, 6.07) is 10.8. The summed E-state index contributed by atoms with van der Waals surface area (Å²) in [6.45, 7) is 2.38. The van der Waals surface area contributed by atoms with Crippen molar-refractivity contribution >= 4 is 11.5 Å². The summed E-state index contributed by atoms with van der Waals surface area (Å²) in [5.74, 6) is 2.37. The van der Waals surface area contributed by atoms with E-state index in [1.165, 1.54) is 0 Å². The second-order valence-electron chi connectivity index (χ2n) is 7.00. The van der Waals surface area contributed by atoms with Crippen molar-refractivity contribution in [3.63, 3.8) is 0 Å². The van der Waals surface area contributed by atoms with Gasteiger partial charge in [-0.25, -0.2) is 4.39 Å². The number of ether oxygens (including phenoxy) is 1. The third-order valence-corrected chi connectivity index (χ3v) is 5.11. The molecular formula is C19H18FN7O2. The van der Waals surface area contributed by atoms with Crippen LogP contribution in [0.2, 0.25) is 0 Å². The zero-order valence-electron chi connectivity index (χ0n) is 15.9. The quantitative estimate of drug-likeness (QED) is 0.520. The van der Waals surface area contributed by atoms with E-state index in [9.17, 15) is 0 Å². The monoisotopic (exact) mass is 395 g/mol. The van der Waals surface area contributed by atoms with Crippen molar-refractivity contribution < 1.29 is 13.7 Å². The van der Waals surface area contributed by atoms with Crippen molar-refractivity contribution in [1.82, 2.24) is 30.0 Å². The van der Waals surface area contributed by atoms with Gasteiger partial charge in [0, 0.05) is 18.5 Å². The molecule has 1 saturated heterocycles. The van der Waals surface area contributed by atoms with Gasteiger partial charge in [-0.3, -0.25) is 0 Å². The highest BCUT2D eigenvalue weighted by Gasteiger charge is 2.45. The van der Waals surface area contributed by atoms with Gasteiger partial charge in [-0.2, -0.15) is 9.50 Å². The topological polar surface area (TPSA) is 94.5 Å². The number of anilines is 1. The lowest BCUT2D eigenvalue weighted by Gasteiger charge is -2.18. The second kappa shape index (κ2) is 6.50. The van der Waals surface area contributed by atoms with Gasteiger partial charge < -0.3 is 14.2 Å². The number of benzene rings is 1. The Labute approximate surface area is 165 Å². The van der Waals surface area contributed by atoms with Crippen LogP contribution in [0.15, 0.2) is 40.9 Å². The molecule has 0 aliphatic carbocycles. The molecule has 5 rings (SSSR count). The van der Waals surface area contributed by atoms with Crippen molar-refractivity contribution in [2.45, 2.75) is 19.0 Å². The highest BCUT2D eigenvalue weighted by atomic mass is 19.1. The zero-order chi connectivity index (χ0) is 20.0. The predicted molar refractivity (Wildman–Crippen MR) is 101 cm³/mol. The van der Waals surface area contributed by atoms with Crippen LogP contribution >= 0.6 is 0 Å². The fourth-order valence-corrected chi connectivity index (χ4v) is 3.46. The van der Waals surface area contributed by atoms with E-state index in [4.69, 9.17) is 9.26 Å². The number of halogens is 1. The van der Waals surface area contributed by atoms with Gasteiger partial charge in [0.25, 0.3) is 5.89 Å². The van der Waals surface area contributed by atoms with E-state index in [0.717, 1.165) is 11.3 Å². The summed E-state index contributed by atoms with van der Waals surface area (Å²) < 4.78 is 27.7. The molecule has 0 bridgehead atoms. The average Bonchev–Trinajstić information content (AvgIpc) is 3.48. The summed E-state index contributed by atoms with van der Waals surface area (Å²) in [5, 5.41) is 16.5. The molecular weight excluding hydrogens is 377 g/mol. The first kappa shape index (κ1) is 17.5. The van der Waals surface area contributed by atoms with Gasteiger partial charge in [0.05, 0.1) is 13.7 Å². The minimum Gasteiger partial charge on any atom is -0.497 e. The summed E-state index contributed by atoms with van der Waals surface area (Å²) in [6.07, 6.45) is 0.234. The SMILES string of the molecule is COc1ccc(-c2noc(C3(F)CCN(c4ccc5nnc(C)n5n4)C3)n2)cc1. The second-order valence-corrected chi connectivity index (χ2v) is 7.00. The first-order valence-corrected chi connectivity index (χ1v) is 9.17. The van der Waals surface area contributed by atoms with Crippen LogP contribution in [0.25, 0.3) is 17.0 Å². The Morgan fingerprint density at radius 3 is 2.76 bits per heavy atom. The number of hydrogen-bond donors (Lipinski definition) is 0. The lowest BCUT2D eigenvalue weighted by Crippen LogP contribution is -2.28. The van der Waals surface area contributed by atoms with Crippen LogP contribution in [-0.2, 0) is 5.67 Å². The van der Waals surface area contributed by atoms with Crippen molar-refractivity contribution in [2.24, 2.45) is 0 Å². The third kappa shape index (κ3) is 2.96. The minimum atomic E-state index is -1.74. The van der Waals surface area contributed by atoms with E-state index in [0.29, 0.717) is 29.7 Å². The molecule has 148 valence electrons. The van der Waals surface area contributed by atoms with Crippen molar-refractivity contribution in [3.05, 3.63) is 48.1 Å². The predicted octanol–water partition coefficient (Wildman–Crippen LogP) is 2.57. The number of aryl methyl sites for hydroxylation is 1. The molecule has 1 atom stereocenters. The maximum absolute atomic E-state index is 15.6. The molecule has 0 radical (unpaired) electrons. The average molecular weight is 395 g/mol. The number of methoxy groups -OCH3 is 1. The van der Waals surface area contributed by atoms with Crippen LogP contribution in [0.3, 0.4) is 0 Å². The van der Waals surface area contributed by atoms with Crippen molar-refractivity contribution in [1.29, 1.82) is 0 Å². The molecule has 1 fully saturated rings. The molecule has 0 amide bonds. The Kier molecular flexibility index (Phi) is 3.93. The summed E-state index contributed by atoms with van der Waals surface area (Å²) in [7, 11) is 1.59. The largest absolute Gasteiger partial charge is 0.497 e. The number of fused-ring (bicyclic) bond motifs is 1. The first-order valence-electron chi connectivity index (χ1n) is 9.17. The van der Waals surface area contributed by atoms with E-state index >= 15 is 4.39 Å². The van der Waals surface area contributed by atoms with Gasteiger partial charge in [0.2, 0.25) is 11.5 Å². The fourth-order valence-electron chi connectivity index (χ4n) is 3.46. The molecule has 1 aliphatic heterocycles. The first-order chi connectivity index (χ1) is 14.1.